The Balaban J connectivity index is 1.74. The van der Waals surface area contributed by atoms with Crippen LogP contribution < -0.4 is 10.6 Å². The summed E-state index contributed by atoms with van der Waals surface area (Å²) in [5, 5.41) is 15.0. The number of nitrogens with zero attached hydrogens (tertiary/aromatic N) is 2. The van der Waals surface area contributed by atoms with Crippen molar-refractivity contribution in [1.82, 2.24) is 15.3 Å². The molecule has 37 heavy (non-hydrogen) atoms. The minimum atomic E-state index is -2.55. The van der Waals surface area contributed by atoms with Gasteiger partial charge in [0.1, 0.15) is 10.0 Å². The number of hydrogen-bond acceptors (Lipinski definition) is 6. The van der Waals surface area contributed by atoms with E-state index in [2.05, 4.69) is 15.6 Å². The summed E-state index contributed by atoms with van der Waals surface area (Å²) in [6.07, 6.45) is 1.21. The van der Waals surface area contributed by atoms with Crippen LogP contribution in [0.1, 0.15) is 22.2 Å². The van der Waals surface area contributed by atoms with E-state index >= 15 is 0 Å². The van der Waals surface area contributed by atoms with Crippen LogP contribution >= 0.6 is 22.9 Å². The summed E-state index contributed by atoms with van der Waals surface area (Å²) in [5.41, 5.74) is -0.572. The van der Waals surface area contributed by atoms with E-state index in [0.29, 0.717) is 22.6 Å². The summed E-state index contributed by atoms with van der Waals surface area (Å²) in [5.74, 6) is -0.121. The number of pyridine rings is 2. The molecule has 0 unspecified atom stereocenters. The molecule has 0 bridgehead atoms. The first-order valence-electron chi connectivity index (χ1n) is 11.3. The average molecular weight is 512 g/mol. The summed E-state index contributed by atoms with van der Waals surface area (Å²) in [7, 11) is 35.4. The number of hydrogen-bond donors (Lipinski definition) is 3. The fourth-order valence-electron chi connectivity index (χ4n) is 4.65. The second-order valence-corrected chi connectivity index (χ2v) is 10.8. The predicted molar refractivity (Wildman–Crippen MR) is 155 cm³/mol. The van der Waals surface area contributed by atoms with Gasteiger partial charge in [0, 0.05) is 45.4 Å². The van der Waals surface area contributed by atoms with Gasteiger partial charge >= 0.3 is 0 Å². The zero-order chi connectivity index (χ0) is 26.9. The van der Waals surface area contributed by atoms with Crippen molar-refractivity contribution in [2.24, 2.45) is 0 Å². The van der Waals surface area contributed by atoms with Crippen molar-refractivity contribution < 1.29 is 9.90 Å². The largest absolute Gasteiger partial charge is 0.388 e. The second-order valence-electron chi connectivity index (χ2n) is 9.39. The van der Waals surface area contributed by atoms with Gasteiger partial charge in [-0.15, -0.1) is 21.6 Å². The Morgan fingerprint density at radius 1 is 1.11 bits per heavy atom. The summed E-state index contributed by atoms with van der Waals surface area (Å²) in [6, 6.07) is 8.75. The Kier molecular flexibility index (Phi) is 6.29. The highest BCUT2D eigenvalue weighted by atomic mass is 35.5. The molecule has 1 aromatic carbocycles. The molecule has 4 aromatic rings. The molecule has 4 heterocycles. The van der Waals surface area contributed by atoms with Crippen LogP contribution in [0.3, 0.4) is 0 Å². The molecule has 12 radical (unpaired) electrons. The molecule has 6 nitrogen and oxygen atoms in total. The zero-order valence-corrected chi connectivity index (χ0v) is 21.3. The van der Waals surface area contributed by atoms with Crippen LogP contribution in [0, 0.1) is 0 Å². The van der Waals surface area contributed by atoms with Crippen molar-refractivity contribution in [3.05, 3.63) is 52.1 Å². The number of nitrogens with one attached hydrogen (secondary N) is 2. The molecule has 3 aromatic heterocycles. The van der Waals surface area contributed by atoms with Crippen LogP contribution in [0.2, 0.25) is 15.4 Å². The molecule has 0 aliphatic carbocycles. The number of amides is 1. The van der Waals surface area contributed by atoms with E-state index in [9.17, 15) is 9.90 Å². The van der Waals surface area contributed by atoms with E-state index in [1.54, 1.807) is 6.07 Å². The predicted octanol–water partition coefficient (Wildman–Crippen LogP) is 2.05. The maximum atomic E-state index is 12.7. The van der Waals surface area contributed by atoms with Crippen LogP contribution in [0.5, 0.6) is 0 Å². The van der Waals surface area contributed by atoms with Gasteiger partial charge in [-0.3, -0.25) is 4.79 Å². The number of carbonyl (C=O) groups excluding carboxylic acids is 1. The quantitative estimate of drug-likeness (QED) is 0.288. The number of fused-ring (bicyclic) bond motifs is 5. The summed E-state index contributed by atoms with van der Waals surface area (Å²) < 4.78 is 0.935. The molecule has 0 saturated carbocycles. The van der Waals surface area contributed by atoms with E-state index < -0.39 is 15.8 Å². The minimum Gasteiger partial charge on any atom is -0.388 e. The highest BCUT2D eigenvalue weighted by Gasteiger charge is 2.49. The van der Waals surface area contributed by atoms with Crippen molar-refractivity contribution in [2.75, 3.05) is 11.9 Å². The van der Waals surface area contributed by atoms with Crippen LogP contribution in [-0.2, 0) is 5.60 Å². The van der Waals surface area contributed by atoms with Gasteiger partial charge in [-0.25, -0.2) is 9.97 Å². The molecule has 0 saturated heterocycles. The van der Waals surface area contributed by atoms with Gasteiger partial charge in [0.2, 0.25) is 0 Å². The number of aromatic nitrogens is 2. The summed E-state index contributed by atoms with van der Waals surface area (Å²) in [4.78, 5) is 22.2. The molecule has 5 rings (SSSR count). The standard InChI is InChI=1S/C23H15B6ClN4O2S/c1-9-7-32-18-17-10-2-3-14(34-13(10)4-5-15(17)37-19(18)20(35)33-9)11-6-16(30)31-8-12(11)21(36,22(24,25)26)23(27,28)29/h2-6,8-9,32,36H,7H2,1H3,(H,33,35)/t9-/m1/s1. The van der Waals surface area contributed by atoms with E-state index in [1.807, 2.05) is 25.1 Å². The lowest BCUT2D eigenvalue weighted by Gasteiger charge is -2.53. The van der Waals surface area contributed by atoms with Gasteiger partial charge in [-0.05, 0) is 37.3 Å². The lowest BCUT2D eigenvalue weighted by Crippen LogP contribution is -2.52. The summed E-state index contributed by atoms with van der Waals surface area (Å²) in [6.45, 7) is 2.52. The Morgan fingerprint density at radius 3 is 2.49 bits per heavy atom. The molecular weight excluding hydrogens is 497 g/mol. The highest BCUT2D eigenvalue weighted by molar-refractivity contribution is 7.21. The van der Waals surface area contributed by atoms with Crippen LogP contribution in [0.4, 0.5) is 5.69 Å². The fraction of sp³-hybridized carbons (Fsp3) is 0.261. The lowest BCUT2D eigenvalue weighted by molar-refractivity contribution is 0.0384. The first kappa shape index (κ1) is 26.3. The van der Waals surface area contributed by atoms with Crippen molar-refractivity contribution >= 4 is 103 Å². The molecule has 1 atom stereocenters. The lowest BCUT2D eigenvalue weighted by atomic mass is 9.22. The van der Waals surface area contributed by atoms with Gasteiger partial charge < -0.3 is 15.7 Å². The van der Waals surface area contributed by atoms with Crippen molar-refractivity contribution in [2.45, 2.75) is 28.8 Å². The Hall–Kier alpha value is -2.35. The van der Waals surface area contributed by atoms with Crippen LogP contribution in [0.25, 0.3) is 32.2 Å². The van der Waals surface area contributed by atoms with Crippen molar-refractivity contribution in [3.63, 3.8) is 0 Å². The number of benzene rings is 1. The molecule has 1 amide bonds. The van der Waals surface area contributed by atoms with Crippen LogP contribution in [-0.4, -0.2) is 80.6 Å². The van der Waals surface area contributed by atoms with E-state index in [-0.39, 0.29) is 28.2 Å². The van der Waals surface area contributed by atoms with Crippen molar-refractivity contribution in [3.8, 4) is 11.3 Å². The highest BCUT2D eigenvalue weighted by Crippen LogP contribution is 2.53. The minimum absolute atomic E-state index is 0.0185. The number of rotatable bonds is 4. The fourth-order valence-corrected chi connectivity index (χ4v) is 5.90. The molecule has 3 N–H and O–H groups in total. The van der Waals surface area contributed by atoms with E-state index in [4.69, 9.17) is 63.7 Å². The van der Waals surface area contributed by atoms with Gasteiger partial charge in [0.15, 0.2) is 0 Å². The van der Waals surface area contributed by atoms with Gasteiger partial charge in [-0.2, -0.15) is 0 Å². The molecule has 1 aliphatic heterocycles. The van der Waals surface area contributed by atoms with Gasteiger partial charge in [0.25, 0.3) is 5.91 Å². The Morgan fingerprint density at radius 2 is 1.81 bits per heavy atom. The first-order valence-corrected chi connectivity index (χ1v) is 12.4. The third-order valence-electron chi connectivity index (χ3n) is 6.48. The Bertz CT molecular complexity index is 1560. The normalized spacial score (nSPS) is 16.7. The SMILES string of the molecule is [B]C([B])([B])C(O)(c1cnc(Cl)cc1-c1ccc2c(ccc3sc4c(c32)NC[C@@H](C)NC4=O)n1)C([B])([B])[B]. The number of aliphatic hydroxyl groups is 1. The zero-order valence-electron chi connectivity index (χ0n) is 19.7. The smallest absolute Gasteiger partial charge is 0.263 e. The maximum absolute atomic E-state index is 12.7. The van der Waals surface area contributed by atoms with Crippen LogP contribution in [0.15, 0.2) is 36.5 Å². The molecule has 170 valence electrons. The molecule has 0 spiro atoms. The summed E-state index contributed by atoms with van der Waals surface area (Å²) >= 11 is 7.60. The monoisotopic (exact) mass is 512 g/mol. The van der Waals surface area contributed by atoms with Gasteiger partial charge in [0.05, 0.1) is 69.6 Å². The van der Waals surface area contributed by atoms with Gasteiger partial charge in [-0.1, -0.05) is 11.6 Å². The van der Waals surface area contributed by atoms with Crippen molar-refractivity contribution in [1.29, 1.82) is 0 Å². The van der Waals surface area contributed by atoms with E-state index in [1.165, 1.54) is 23.6 Å². The number of carbonyl (C=O) groups is 1. The third kappa shape index (κ3) is 4.19. The molecular formula is C23H15B6ClN4O2S. The molecule has 14 heteroatoms. The third-order valence-corrected chi connectivity index (χ3v) is 7.84. The topological polar surface area (TPSA) is 87.1 Å². The second kappa shape index (κ2) is 8.85. The number of thiophene rings is 1. The number of anilines is 1. The molecule has 0 fully saturated rings. The Labute approximate surface area is 231 Å². The number of halogens is 1. The molecule has 1 aliphatic rings. The first-order chi connectivity index (χ1) is 17.2. The average Bonchev–Trinajstić information content (AvgIpc) is 3.13. The van der Waals surface area contributed by atoms with E-state index in [0.717, 1.165) is 21.2 Å². The maximum Gasteiger partial charge on any atom is 0.263 e.